The lowest BCUT2D eigenvalue weighted by atomic mass is 10.2. The molecule has 0 aliphatic heterocycles. The fourth-order valence-corrected chi connectivity index (χ4v) is 2.35. The van der Waals surface area contributed by atoms with Gasteiger partial charge < -0.3 is 13.6 Å². The first-order valence-corrected chi connectivity index (χ1v) is 6.88. The van der Waals surface area contributed by atoms with E-state index in [1.807, 2.05) is 59.3 Å². The maximum atomic E-state index is 12.1. The summed E-state index contributed by atoms with van der Waals surface area (Å²) < 4.78 is 12.6. The van der Waals surface area contributed by atoms with Crippen LogP contribution in [0.1, 0.15) is 16.2 Å². The van der Waals surface area contributed by atoms with Crippen molar-refractivity contribution in [1.82, 2.24) is 9.38 Å². The van der Waals surface area contributed by atoms with Gasteiger partial charge in [0.05, 0.1) is 5.69 Å². The molecule has 22 heavy (non-hydrogen) atoms. The van der Waals surface area contributed by atoms with Gasteiger partial charge in [0, 0.05) is 17.8 Å². The summed E-state index contributed by atoms with van der Waals surface area (Å²) in [6.07, 6.45) is 3.73. The number of pyridine rings is 1. The van der Waals surface area contributed by atoms with E-state index in [1.165, 1.54) is 0 Å². The molecule has 3 aromatic heterocycles. The first-order chi connectivity index (χ1) is 10.8. The molecular formula is C17H12N2O3. The highest BCUT2D eigenvalue weighted by Crippen LogP contribution is 2.19. The molecule has 4 aromatic rings. The number of hydrogen-bond acceptors (Lipinski definition) is 4. The van der Waals surface area contributed by atoms with Crippen LogP contribution in [0.3, 0.4) is 0 Å². The van der Waals surface area contributed by atoms with E-state index < -0.39 is 5.97 Å². The number of nitrogens with zero attached hydrogens (tertiary/aromatic N) is 2. The zero-order valence-corrected chi connectivity index (χ0v) is 11.6. The van der Waals surface area contributed by atoms with E-state index in [0.29, 0.717) is 11.3 Å². The molecule has 3 heterocycles. The van der Waals surface area contributed by atoms with Crippen molar-refractivity contribution in [2.24, 2.45) is 0 Å². The van der Waals surface area contributed by atoms with Crippen molar-refractivity contribution < 1.29 is 13.9 Å². The summed E-state index contributed by atoms with van der Waals surface area (Å²) in [6.45, 7) is 0.109. The second-order valence-corrected chi connectivity index (χ2v) is 4.92. The number of furan rings is 1. The fraction of sp³-hybridized carbons (Fsp3) is 0.0588. The number of rotatable bonds is 3. The van der Waals surface area contributed by atoms with E-state index in [-0.39, 0.29) is 12.4 Å². The molecule has 0 unspecified atom stereocenters. The van der Waals surface area contributed by atoms with Crippen LogP contribution in [0.25, 0.3) is 16.6 Å². The Hall–Kier alpha value is -3.08. The first kappa shape index (κ1) is 12.6. The Bertz CT molecular complexity index is 902. The lowest BCUT2D eigenvalue weighted by Gasteiger charge is -1.99. The van der Waals surface area contributed by atoms with E-state index in [1.54, 1.807) is 6.07 Å². The largest absolute Gasteiger partial charge is 0.453 e. The third-order valence-electron chi connectivity index (χ3n) is 3.39. The van der Waals surface area contributed by atoms with Gasteiger partial charge in [0.2, 0.25) is 5.76 Å². The van der Waals surface area contributed by atoms with Crippen LogP contribution in [0.5, 0.6) is 0 Å². The van der Waals surface area contributed by atoms with Crippen LogP contribution in [0.4, 0.5) is 0 Å². The summed E-state index contributed by atoms with van der Waals surface area (Å²) in [5.74, 6) is -0.293. The minimum Gasteiger partial charge on any atom is -0.453 e. The molecule has 0 spiro atoms. The molecule has 0 aliphatic carbocycles. The van der Waals surface area contributed by atoms with Crippen molar-refractivity contribution >= 4 is 22.6 Å². The number of hydrogen-bond donors (Lipinski definition) is 0. The first-order valence-electron chi connectivity index (χ1n) is 6.88. The summed E-state index contributed by atoms with van der Waals surface area (Å²) in [4.78, 5) is 16.4. The molecule has 0 amide bonds. The number of esters is 1. The van der Waals surface area contributed by atoms with Gasteiger partial charge in [-0.2, -0.15) is 0 Å². The third-order valence-corrected chi connectivity index (χ3v) is 3.39. The van der Waals surface area contributed by atoms with Crippen molar-refractivity contribution in [3.63, 3.8) is 0 Å². The maximum absolute atomic E-state index is 12.1. The molecule has 0 saturated carbocycles. The predicted octanol–water partition coefficient (Wildman–Crippen LogP) is 3.44. The van der Waals surface area contributed by atoms with E-state index in [2.05, 4.69) is 4.98 Å². The van der Waals surface area contributed by atoms with Gasteiger partial charge in [0.25, 0.3) is 0 Å². The average molecular weight is 292 g/mol. The molecule has 0 N–H and O–H groups in total. The Morgan fingerprint density at radius 2 is 2.05 bits per heavy atom. The topological polar surface area (TPSA) is 56.7 Å². The Balaban J connectivity index is 1.51. The Kier molecular flexibility index (Phi) is 2.89. The smallest absolute Gasteiger partial charge is 0.374 e. The van der Waals surface area contributed by atoms with Crippen molar-refractivity contribution in [3.05, 3.63) is 72.4 Å². The summed E-state index contributed by atoms with van der Waals surface area (Å²) in [6, 6.07) is 14.9. The van der Waals surface area contributed by atoms with Gasteiger partial charge in [-0.25, -0.2) is 9.78 Å². The van der Waals surface area contributed by atoms with Crippen LogP contribution in [-0.2, 0) is 11.3 Å². The van der Waals surface area contributed by atoms with Crippen LogP contribution in [0.2, 0.25) is 0 Å². The SMILES string of the molecule is O=C(OCc1cn2ccccc2n1)c1cc2ccccc2o1. The molecule has 5 nitrogen and oxygen atoms in total. The lowest BCUT2D eigenvalue weighted by molar-refractivity contribution is 0.0434. The zero-order chi connectivity index (χ0) is 14.9. The Morgan fingerprint density at radius 3 is 2.91 bits per heavy atom. The number of carbonyl (C=O) groups is 1. The average Bonchev–Trinajstić information content (AvgIpc) is 3.15. The molecular weight excluding hydrogens is 280 g/mol. The van der Waals surface area contributed by atoms with Crippen LogP contribution in [-0.4, -0.2) is 15.4 Å². The van der Waals surface area contributed by atoms with Crippen molar-refractivity contribution in [1.29, 1.82) is 0 Å². The summed E-state index contributed by atoms with van der Waals surface area (Å²) >= 11 is 0. The third kappa shape index (κ3) is 2.22. The second-order valence-electron chi connectivity index (χ2n) is 4.92. The van der Waals surface area contributed by atoms with Gasteiger partial charge in [-0.15, -0.1) is 0 Å². The molecule has 0 saturated heterocycles. The molecule has 4 rings (SSSR count). The van der Waals surface area contributed by atoms with Gasteiger partial charge in [-0.3, -0.25) is 0 Å². The molecule has 0 fully saturated rings. The molecule has 0 aliphatic rings. The van der Waals surface area contributed by atoms with Gasteiger partial charge in [-0.1, -0.05) is 24.3 Å². The molecule has 0 atom stereocenters. The highest BCUT2D eigenvalue weighted by molar-refractivity contribution is 5.92. The molecule has 108 valence electrons. The van der Waals surface area contributed by atoms with E-state index >= 15 is 0 Å². The van der Waals surface area contributed by atoms with Crippen molar-refractivity contribution in [2.45, 2.75) is 6.61 Å². The van der Waals surface area contributed by atoms with Crippen LogP contribution in [0.15, 0.2) is 65.3 Å². The van der Waals surface area contributed by atoms with Crippen LogP contribution in [0, 0.1) is 0 Å². The molecule has 0 bridgehead atoms. The Morgan fingerprint density at radius 1 is 1.18 bits per heavy atom. The number of carbonyl (C=O) groups excluding carboxylic acids is 1. The van der Waals surface area contributed by atoms with Crippen LogP contribution >= 0.6 is 0 Å². The molecule has 1 aromatic carbocycles. The number of fused-ring (bicyclic) bond motifs is 2. The van der Waals surface area contributed by atoms with E-state index in [9.17, 15) is 4.79 Å². The number of benzene rings is 1. The highest BCUT2D eigenvalue weighted by Gasteiger charge is 2.14. The van der Waals surface area contributed by atoms with Gasteiger partial charge in [-0.05, 0) is 24.3 Å². The molecule has 0 radical (unpaired) electrons. The summed E-state index contributed by atoms with van der Waals surface area (Å²) in [5.41, 5.74) is 2.18. The normalized spacial score (nSPS) is 11.1. The number of para-hydroxylation sites is 1. The van der Waals surface area contributed by atoms with Gasteiger partial charge in [0.15, 0.2) is 0 Å². The fourth-order valence-electron chi connectivity index (χ4n) is 2.35. The van der Waals surface area contributed by atoms with Gasteiger partial charge >= 0.3 is 5.97 Å². The maximum Gasteiger partial charge on any atom is 0.374 e. The second kappa shape index (κ2) is 5.04. The summed E-state index contributed by atoms with van der Waals surface area (Å²) in [7, 11) is 0. The Labute approximate surface area is 125 Å². The van der Waals surface area contributed by atoms with Crippen molar-refractivity contribution in [2.75, 3.05) is 0 Å². The standard InChI is InChI=1S/C17H12N2O3/c20-17(15-9-12-5-1-2-6-14(12)22-15)21-11-13-10-19-8-4-3-7-16(19)18-13/h1-10H,11H2. The quantitative estimate of drug-likeness (QED) is 0.543. The van der Waals surface area contributed by atoms with Crippen molar-refractivity contribution in [3.8, 4) is 0 Å². The van der Waals surface area contributed by atoms with Crippen LogP contribution < -0.4 is 0 Å². The minimum absolute atomic E-state index is 0.109. The lowest BCUT2D eigenvalue weighted by Crippen LogP contribution is -2.04. The van der Waals surface area contributed by atoms with E-state index in [4.69, 9.17) is 9.15 Å². The highest BCUT2D eigenvalue weighted by atomic mass is 16.5. The summed E-state index contributed by atoms with van der Waals surface area (Å²) in [5, 5.41) is 0.877. The number of imidazole rings is 1. The monoisotopic (exact) mass is 292 g/mol. The minimum atomic E-state index is -0.492. The van der Waals surface area contributed by atoms with E-state index in [0.717, 1.165) is 11.0 Å². The number of ether oxygens (including phenoxy) is 1. The number of aromatic nitrogens is 2. The molecule has 5 heteroatoms. The van der Waals surface area contributed by atoms with Gasteiger partial charge in [0.1, 0.15) is 17.8 Å². The predicted molar refractivity (Wildman–Crippen MR) is 80.5 cm³/mol. The zero-order valence-electron chi connectivity index (χ0n) is 11.6.